The van der Waals surface area contributed by atoms with E-state index in [2.05, 4.69) is 5.32 Å². The number of esters is 1. The third-order valence-corrected chi connectivity index (χ3v) is 14.7. The van der Waals surface area contributed by atoms with Crippen LogP contribution in [0.3, 0.4) is 0 Å². The molecule has 19 heteroatoms. The Hall–Kier alpha value is -4.65. The maximum atomic E-state index is 14.3. The molecule has 2 N–H and O–H groups in total. The molecule has 352 valence electrons. The van der Waals surface area contributed by atoms with Crippen LogP contribution in [-0.4, -0.2) is 126 Å². The average molecular weight is 934 g/mol. The number of aliphatic hydroxyl groups is 1. The summed E-state index contributed by atoms with van der Waals surface area (Å²) in [5.74, 6) is -3.84. The minimum absolute atomic E-state index is 0.00983. The number of ether oxygens (including phenoxy) is 4. The highest BCUT2D eigenvalue weighted by Crippen LogP contribution is 2.61. The first kappa shape index (κ1) is 50.4. The lowest BCUT2D eigenvalue weighted by molar-refractivity contribution is -0.195. The number of hydroxylamine groups is 2. The lowest BCUT2D eigenvalue weighted by Gasteiger charge is -2.42. The van der Waals surface area contributed by atoms with Gasteiger partial charge in [-0.15, -0.1) is 16.8 Å². The van der Waals surface area contributed by atoms with E-state index in [0.29, 0.717) is 35.8 Å². The van der Waals surface area contributed by atoms with Crippen LogP contribution in [0.1, 0.15) is 92.1 Å². The summed E-state index contributed by atoms with van der Waals surface area (Å²) in [5, 5.41) is 15.1. The number of amides is 5. The Bertz CT molecular complexity index is 2060. The molecule has 0 radical (unpaired) electrons. The summed E-state index contributed by atoms with van der Waals surface area (Å²) in [6, 6.07) is 2.52. The van der Waals surface area contributed by atoms with Crippen LogP contribution in [0.15, 0.2) is 35.9 Å². The first-order chi connectivity index (χ1) is 29.9. The van der Waals surface area contributed by atoms with Crippen LogP contribution in [0.25, 0.3) is 0 Å². The van der Waals surface area contributed by atoms with Crippen LogP contribution in [0.4, 0.5) is 10.5 Å². The molecule has 8 atom stereocenters. The average Bonchev–Trinajstić information content (AvgIpc) is 3.85. The Labute approximate surface area is 383 Å². The molecule has 4 bridgehead atoms. The van der Waals surface area contributed by atoms with Crippen molar-refractivity contribution in [2.24, 2.45) is 17.3 Å². The highest BCUT2D eigenvalue weighted by Gasteiger charge is 2.62. The second-order valence-corrected chi connectivity index (χ2v) is 20.2. The van der Waals surface area contributed by atoms with E-state index in [9.17, 15) is 38.7 Å². The number of rotatable bonds is 12. The van der Waals surface area contributed by atoms with Crippen molar-refractivity contribution in [1.82, 2.24) is 15.3 Å². The molecule has 1 aromatic carbocycles. The topological polar surface area (TPSA) is 208 Å². The summed E-state index contributed by atoms with van der Waals surface area (Å²) < 4.78 is 22.7. The molecule has 17 nitrogen and oxygen atoms in total. The second-order valence-electron chi connectivity index (χ2n) is 18.1. The van der Waals surface area contributed by atoms with E-state index >= 15 is 0 Å². The number of benzene rings is 1. The van der Waals surface area contributed by atoms with E-state index in [0.717, 1.165) is 11.1 Å². The van der Waals surface area contributed by atoms with Gasteiger partial charge in [0, 0.05) is 57.1 Å². The van der Waals surface area contributed by atoms with Gasteiger partial charge < -0.3 is 38.7 Å². The van der Waals surface area contributed by atoms with Crippen LogP contribution in [0, 0.1) is 17.3 Å². The maximum absolute atomic E-state index is 14.3. The van der Waals surface area contributed by atoms with Crippen LogP contribution in [-0.2, 0) is 54.2 Å². The van der Waals surface area contributed by atoms with Gasteiger partial charge in [-0.3, -0.25) is 24.5 Å². The number of halogens is 1. The molecule has 1 aliphatic carbocycles. The molecule has 5 amide bonds. The Morgan fingerprint density at radius 3 is 2.42 bits per heavy atom. The number of imide groups is 1. The van der Waals surface area contributed by atoms with Gasteiger partial charge in [-0.2, -0.15) is 0 Å². The highest BCUT2D eigenvalue weighted by atomic mass is 35.5. The van der Waals surface area contributed by atoms with Gasteiger partial charge in [-0.25, -0.2) is 14.4 Å². The van der Waals surface area contributed by atoms with Crippen LogP contribution < -0.4 is 15.0 Å². The number of hydrogen-bond donors (Lipinski definition) is 2. The molecule has 64 heavy (non-hydrogen) atoms. The third-order valence-electron chi connectivity index (χ3n) is 13.0. The second kappa shape index (κ2) is 20.3. The predicted octanol–water partition coefficient (Wildman–Crippen LogP) is 5.28. The Morgan fingerprint density at radius 1 is 1.11 bits per heavy atom. The maximum Gasteiger partial charge on any atom is 0.409 e. The van der Waals surface area contributed by atoms with Gasteiger partial charge in [-0.1, -0.05) is 63.1 Å². The van der Waals surface area contributed by atoms with Gasteiger partial charge in [0.25, 0.3) is 11.8 Å². The Balaban J connectivity index is 1.36. The number of methoxy groups -OCH3 is 2. The highest BCUT2D eigenvalue weighted by molar-refractivity contribution is 8.01. The Morgan fingerprint density at radius 2 is 1.78 bits per heavy atom. The van der Waals surface area contributed by atoms with Crippen molar-refractivity contribution in [2.75, 3.05) is 39.0 Å². The molecule has 0 unspecified atom stereocenters. The molecule has 3 heterocycles. The zero-order valence-electron chi connectivity index (χ0n) is 38.2. The van der Waals surface area contributed by atoms with Gasteiger partial charge in [0.2, 0.25) is 11.8 Å². The zero-order valence-corrected chi connectivity index (χ0v) is 39.8. The predicted molar refractivity (Wildman–Crippen MR) is 237 cm³/mol. The summed E-state index contributed by atoms with van der Waals surface area (Å²) in [5.41, 5.74) is -0.518. The van der Waals surface area contributed by atoms with Crippen molar-refractivity contribution in [3.05, 3.63) is 46.5 Å². The standard InChI is InChI=1S/C45H61ClN4O13S/c1-25-12-11-13-33(60-10)45(58)23-32(61-42(57)47-45)26(2)29-22-44(29,6)34(21-38(54)49(8)30-19-28(18-25)20-31(59-9)40(30)46)62-41(56)27(3)48(7)35(51)16-17-43(4,5)64-24-39(55)63-50-36(52)14-15-37(50)53/h11-13,19-20,26-27,29,32-34,58H,14-18,21-24H2,1-10H3,(H,47,57)/b13-11+,25-12+/t26-,27-,29-,32-,33+,34-,44-,45-/m0/s1. The number of thioether (sulfide) groups is 1. The van der Waals surface area contributed by atoms with E-state index in [1.54, 1.807) is 31.3 Å². The van der Waals surface area contributed by atoms with E-state index in [1.807, 2.05) is 40.7 Å². The van der Waals surface area contributed by atoms with Crippen molar-refractivity contribution in [2.45, 2.75) is 128 Å². The largest absolute Gasteiger partial charge is 0.495 e. The quantitative estimate of drug-likeness (QED) is 0.202. The third kappa shape index (κ3) is 11.6. The van der Waals surface area contributed by atoms with Crippen LogP contribution in [0.5, 0.6) is 5.75 Å². The first-order valence-corrected chi connectivity index (χ1v) is 22.7. The molecular weight excluding hydrogens is 872 g/mol. The SMILES string of the molecule is COc1cc2cc(c1Cl)N(C)C(=O)C[C@H](OC(=O)[C@H](C)N(C)C(=O)CCC(C)(C)SCC(=O)ON1C(=O)CCC1=O)[C@@]1(C)C[C@H]1[C@H](C)[C@@H]1C[C@@](O)(NC(=O)O1)[C@H](OC)/C=C/C=C(\C)C2. The fourth-order valence-electron chi connectivity index (χ4n) is 8.47. The monoisotopic (exact) mass is 932 g/mol. The van der Waals surface area contributed by atoms with E-state index in [4.69, 9.17) is 35.4 Å². The van der Waals surface area contributed by atoms with Crippen molar-refractivity contribution in [3.63, 3.8) is 0 Å². The molecule has 0 spiro atoms. The zero-order chi connectivity index (χ0) is 47.5. The summed E-state index contributed by atoms with van der Waals surface area (Å²) in [6.45, 7) is 10.9. The molecule has 5 rings (SSSR count). The number of fused-ring (bicyclic) bond motifs is 5. The number of anilines is 1. The molecule has 2 saturated heterocycles. The molecule has 3 fully saturated rings. The first-order valence-electron chi connectivity index (χ1n) is 21.3. The number of carbonyl (C=O) groups is 7. The van der Waals surface area contributed by atoms with Crippen molar-refractivity contribution >= 4 is 70.7 Å². The summed E-state index contributed by atoms with van der Waals surface area (Å²) in [6.07, 6.45) is 2.68. The molecule has 0 aromatic heterocycles. The molecule has 1 saturated carbocycles. The van der Waals surface area contributed by atoms with Crippen molar-refractivity contribution < 1.29 is 62.5 Å². The molecular formula is C45H61ClN4O13S. The molecule has 4 aliphatic rings. The smallest absolute Gasteiger partial charge is 0.409 e. The Kier molecular flexibility index (Phi) is 15.9. The number of allylic oxidation sites excluding steroid dienone is 3. The summed E-state index contributed by atoms with van der Waals surface area (Å²) in [4.78, 5) is 98.7. The van der Waals surface area contributed by atoms with E-state index in [-0.39, 0.29) is 60.6 Å². The number of likely N-dealkylation sites (N-methyl/N-ethyl adjacent to an activating group) is 1. The van der Waals surface area contributed by atoms with Gasteiger partial charge >= 0.3 is 18.0 Å². The van der Waals surface area contributed by atoms with Gasteiger partial charge in [0.1, 0.15) is 35.1 Å². The number of carbonyl (C=O) groups excluding carboxylic acids is 7. The van der Waals surface area contributed by atoms with Gasteiger partial charge in [0.15, 0.2) is 5.72 Å². The van der Waals surface area contributed by atoms with Gasteiger partial charge in [-0.05, 0) is 62.6 Å². The van der Waals surface area contributed by atoms with Crippen molar-refractivity contribution in [3.8, 4) is 5.75 Å². The lowest BCUT2D eigenvalue weighted by atomic mass is 9.83. The lowest BCUT2D eigenvalue weighted by Crippen LogP contribution is -2.63. The minimum atomic E-state index is -1.82. The molecule has 1 aromatic rings. The van der Waals surface area contributed by atoms with E-state index in [1.165, 1.54) is 49.8 Å². The number of hydrogen-bond acceptors (Lipinski definition) is 14. The van der Waals surface area contributed by atoms with Crippen molar-refractivity contribution in [1.29, 1.82) is 0 Å². The fourth-order valence-corrected chi connectivity index (χ4v) is 9.59. The number of nitrogens with one attached hydrogen (secondary N) is 1. The van der Waals surface area contributed by atoms with Crippen LogP contribution in [0.2, 0.25) is 5.02 Å². The normalized spacial score (nSPS) is 29.4. The van der Waals surface area contributed by atoms with Gasteiger partial charge in [0.05, 0.1) is 25.0 Å². The summed E-state index contributed by atoms with van der Waals surface area (Å²) in [7, 11) is 5.99. The van der Waals surface area contributed by atoms with Crippen LogP contribution >= 0.6 is 23.4 Å². The number of alkyl carbamates (subject to hydrolysis) is 1. The van der Waals surface area contributed by atoms with E-state index < -0.39 is 76.0 Å². The minimum Gasteiger partial charge on any atom is -0.495 e. The summed E-state index contributed by atoms with van der Waals surface area (Å²) >= 11 is 8.01. The fraction of sp³-hybridized carbons (Fsp3) is 0.622. The number of nitrogens with zero attached hydrogens (tertiary/aromatic N) is 3. The molecule has 3 aliphatic heterocycles.